The van der Waals surface area contributed by atoms with Gasteiger partial charge in [-0.3, -0.25) is 14.5 Å². The van der Waals surface area contributed by atoms with E-state index in [-0.39, 0.29) is 17.0 Å². The molecule has 1 fully saturated rings. The number of nitrogens with zero attached hydrogens (tertiary/aromatic N) is 1. The predicted molar refractivity (Wildman–Crippen MR) is 128 cm³/mol. The van der Waals surface area contributed by atoms with Crippen LogP contribution < -0.4 is 4.90 Å². The molecule has 1 aliphatic heterocycles. The summed E-state index contributed by atoms with van der Waals surface area (Å²) in [5.41, 5.74) is 2.91. The number of Topliss-reactive ketones (excluding diaryl/α,β-unsaturated/α-hetero) is 1. The molecule has 5 rings (SSSR count). The van der Waals surface area contributed by atoms with E-state index in [1.165, 1.54) is 23.1 Å². The minimum atomic E-state index is -0.938. The Hall–Kier alpha value is -3.71. The zero-order valence-electron chi connectivity index (χ0n) is 17.5. The molecule has 3 aromatic carbocycles. The molecule has 0 aliphatic carbocycles. The number of amides is 1. The van der Waals surface area contributed by atoms with Crippen molar-refractivity contribution in [2.75, 3.05) is 4.90 Å². The number of halogens is 2. The van der Waals surface area contributed by atoms with E-state index in [4.69, 9.17) is 0 Å². The van der Waals surface area contributed by atoms with Gasteiger partial charge < -0.3 is 10.1 Å². The second kappa shape index (κ2) is 8.01. The van der Waals surface area contributed by atoms with Gasteiger partial charge in [-0.2, -0.15) is 0 Å². The van der Waals surface area contributed by atoms with E-state index in [1.54, 1.807) is 30.5 Å². The minimum absolute atomic E-state index is 0.0456. The van der Waals surface area contributed by atoms with Gasteiger partial charge in [0.2, 0.25) is 0 Å². The van der Waals surface area contributed by atoms with Crippen LogP contribution in [0.4, 0.5) is 10.1 Å². The van der Waals surface area contributed by atoms with Gasteiger partial charge in [-0.25, -0.2) is 4.39 Å². The van der Waals surface area contributed by atoms with Crippen LogP contribution in [0.25, 0.3) is 16.7 Å². The first kappa shape index (κ1) is 21.2. The molecule has 0 spiro atoms. The van der Waals surface area contributed by atoms with Crippen LogP contribution in [-0.4, -0.2) is 21.8 Å². The lowest BCUT2D eigenvalue weighted by molar-refractivity contribution is -0.132. The van der Waals surface area contributed by atoms with Gasteiger partial charge in [0.25, 0.3) is 11.7 Å². The molecule has 4 aromatic rings. The van der Waals surface area contributed by atoms with Gasteiger partial charge in [0.1, 0.15) is 11.6 Å². The summed E-state index contributed by atoms with van der Waals surface area (Å²) in [6, 6.07) is 17.2. The maximum atomic E-state index is 14.1. The number of hydrogen-bond acceptors (Lipinski definition) is 3. The van der Waals surface area contributed by atoms with Gasteiger partial charge in [0.05, 0.1) is 11.6 Å². The Balaban J connectivity index is 1.79. The zero-order chi connectivity index (χ0) is 23.3. The van der Waals surface area contributed by atoms with Crippen molar-refractivity contribution in [2.24, 2.45) is 0 Å². The third-order valence-electron chi connectivity index (χ3n) is 5.88. The Morgan fingerprint density at radius 1 is 1.06 bits per heavy atom. The first-order valence-corrected chi connectivity index (χ1v) is 11.0. The summed E-state index contributed by atoms with van der Waals surface area (Å²) in [5, 5.41) is 12.1. The molecule has 5 nitrogen and oxygen atoms in total. The average Bonchev–Trinajstić information content (AvgIpc) is 3.34. The standard InChI is InChI=1S/C26H18BrFN2O3/c1-14-11-15(9-10-20(14)27)24(31)22-23(19-13-29-21-8-3-2-7-18(19)21)30(26(33)25(22)32)17-6-4-5-16(28)12-17/h2-13,23,29,31H,1H3/b24-22+. The molecule has 0 saturated carbocycles. The number of aliphatic hydroxyl groups excluding tert-OH is 1. The summed E-state index contributed by atoms with van der Waals surface area (Å²) >= 11 is 3.43. The highest BCUT2D eigenvalue weighted by Crippen LogP contribution is 2.44. The Morgan fingerprint density at radius 3 is 2.61 bits per heavy atom. The van der Waals surface area contributed by atoms with Gasteiger partial charge in [0, 0.05) is 38.4 Å². The van der Waals surface area contributed by atoms with Gasteiger partial charge in [-0.05, 0) is 48.9 Å². The second-order valence-corrected chi connectivity index (χ2v) is 8.76. The summed E-state index contributed by atoms with van der Waals surface area (Å²) in [6.07, 6.45) is 1.72. The third kappa shape index (κ3) is 3.45. The molecule has 2 N–H and O–H groups in total. The number of aliphatic hydroxyl groups is 1. The predicted octanol–water partition coefficient (Wildman–Crippen LogP) is 6.00. The fourth-order valence-electron chi connectivity index (χ4n) is 4.29. The lowest BCUT2D eigenvalue weighted by atomic mass is 9.94. The first-order valence-electron chi connectivity index (χ1n) is 10.3. The highest BCUT2D eigenvalue weighted by Gasteiger charge is 2.47. The molecule has 1 amide bonds. The van der Waals surface area contributed by atoms with E-state index in [0.717, 1.165) is 20.9 Å². The van der Waals surface area contributed by atoms with Gasteiger partial charge in [0.15, 0.2) is 0 Å². The van der Waals surface area contributed by atoms with Crippen LogP contribution in [0.3, 0.4) is 0 Å². The molecule has 1 atom stereocenters. The van der Waals surface area contributed by atoms with Gasteiger partial charge in [-0.15, -0.1) is 0 Å². The number of benzene rings is 3. The van der Waals surface area contributed by atoms with Crippen molar-refractivity contribution in [3.63, 3.8) is 0 Å². The molecule has 1 aromatic heterocycles. The molecular formula is C26H18BrFN2O3. The molecule has 0 bridgehead atoms. The van der Waals surface area contributed by atoms with Gasteiger partial charge >= 0.3 is 0 Å². The number of H-pyrrole nitrogens is 1. The lowest BCUT2D eigenvalue weighted by Crippen LogP contribution is -2.29. The van der Waals surface area contributed by atoms with Crippen molar-refractivity contribution in [2.45, 2.75) is 13.0 Å². The van der Waals surface area contributed by atoms with E-state index in [1.807, 2.05) is 31.2 Å². The Labute approximate surface area is 197 Å². The molecule has 1 unspecified atom stereocenters. The fraction of sp³-hybridized carbons (Fsp3) is 0.0769. The molecule has 1 aliphatic rings. The molecule has 164 valence electrons. The normalized spacial score (nSPS) is 17.8. The Bertz CT molecular complexity index is 1470. The quantitative estimate of drug-likeness (QED) is 0.204. The highest BCUT2D eigenvalue weighted by atomic mass is 79.9. The first-order chi connectivity index (χ1) is 15.9. The molecule has 0 radical (unpaired) electrons. The average molecular weight is 505 g/mol. The van der Waals surface area contributed by atoms with E-state index < -0.39 is 23.5 Å². The summed E-state index contributed by atoms with van der Waals surface area (Å²) < 4.78 is 14.9. The van der Waals surface area contributed by atoms with Gasteiger partial charge in [-0.1, -0.05) is 46.3 Å². The topological polar surface area (TPSA) is 73.4 Å². The summed E-state index contributed by atoms with van der Waals surface area (Å²) in [4.78, 5) is 30.9. The number of aromatic amines is 1. The highest BCUT2D eigenvalue weighted by molar-refractivity contribution is 9.10. The van der Waals surface area contributed by atoms with E-state index in [0.29, 0.717) is 11.1 Å². The molecule has 2 heterocycles. The van der Waals surface area contributed by atoms with E-state index in [2.05, 4.69) is 20.9 Å². The number of rotatable bonds is 3. The van der Waals surface area contributed by atoms with Crippen molar-refractivity contribution in [1.82, 2.24) is 4.98 Å². The maximum absolute atomic E-state index is 14.1. The molecular weight excluding hydrogens is 487 g/mol. The van der Waals surface area contributed by atoms with E-state index >= 15 is 0 Å². The number of hydrogen-bond donors (Lipinski definition) is 2. The van der Waals surface area contributed by atoms with Crippen LogP contribution in [0.1, 0.15) is 22.7 Å². The van der Waals surface area contributed by atoms with Crippen molar-refractivity contribution >= 4 is 50.0 Å². The van der Waals surface area contributed by atoms with Crippen LogP contribution in [0, 0.1) is 12.7 Å². The van der Waals surface area contributed by atoms with E-state index in [9.17, 15) is 19.1 Å². The number of carbonyl (C=O) groups is 2. The smallest absolute Gasteiger partial charge is 0.300 e. The number of fused-ring (bicyclic) bond motifs is 1. The lowest BCUT2D eigenvalue weighted by Gasteiger charge is -2.25. The summed E-state index contributed by atoms with van der Waals surface area (Å²) in [7, 11) is 0. The number of aryl methyl sites for hydroxylation is 1. The second-order valence-electron chi connectivity index (χ2n) is 7.90. The number of ketones is 1. The van der Waals surface area contributed by atoms with Crippen LogP contribution in [0.2, 0.25) is 0 Å². The van der Waals surface area contributed by atoms with Crippen LogP contribution in [0.5, 0.6) is 0 Å². The fourth-order valence-corrected chi connectivity index (χ4v) is 4.53. The van der Waals surface area contributed by atoms with Crippen molar-refractivity contribution in [3.8, 4) is 0 Å². The number of nitrogens with one attached hydrogen (secondary N) is 1. The van der Waals surface area contributed by atoms with Crippen molar-refractivity contribution in [3.05, 3.63) is 105 Å². The Kier molecular flexibility index (Phi) is 5.13. The van der Waals surface area contributed by atoms with Crippen molar-refractivity contribution in [1.29, 1.82) is 0 Å². The Morgan fingerprint density at radius 2 is 1.85 bits per heavy atom. The molecule has 33 heavy (non-hydrogen) atoms. The third-order valence-corrected chi connectivity index (χ3v) is 6.77. The van der Waals surface area contributed by atoms with Crippen LogP contribution in [-0.2, 0) is 9.59 Å². The van der Waals surface area contributed by atoms with Crippen molar-refractivity contribution < 1.29 is 19.1 Å². The monoisotopic (exact) mass is 504 g/mol. The minimum Gasteiger partial charge on any atom is -0.507 e. The SMILES string of the molecule is Cc1cc(/C(O)=C2\C(=O)C(=O)N(c3cccc(F)c3)C2c2c[nH]c3ccccc23)ccc1Br. The molecule has 7 heteroatoms. The number of carbonyl (C=O) groups excluding carboxylic acids is 2. The summed E-state index contributed by atoms with van der Waals surface area (Å²) in [5.74, 6) is -2.47. The number of para-hydroxylation sites is 1. The summed E-state index contributed by atoms with van der Waals surface area (Å²) in [6.45, 7) is 1.86. The molecule has 1 saturated heterocycles. The maximum Gasteiger partial charge on any atom is 0.300 e. The largest absolute Gasteiger partial charge is 0.507 e. The van der Waals surface area contributed by atoms with Crippen LogP contribution >= 0.6 is 15.9 Å². The van der Waals surface area contributed by atoms with Crippen LogP contribution in [0.15, 0.2) is 83.0 Å². The zero-order valence-corrected chi connectivity index (χ0v) is 19.1. The number of aromatic nitrogens is 1. The number of anilines is 1.